The van der Waals surface area contributed by atoms with Crippen molar-refractivity contribution in [3.63, 3.8) is 0 Å². The van der Waals surface area contributed by atoms with Crippen LogP contribution in [0.5, 0.6) is 0 Å². The van der Waals surface area contributed by atoms with Crippen LogP contribution < -0.4 is 5.32 Å². The van der Waals surface area contributed by atoms with Crippen LogP contribution in [0.1, 0.15) is 5.56 Å². The van der Waals surface area contributed by atoms with Crippen LogP contribution in [0, 0.1) is 0 Å². The van der Waals surface area contributed by atoms with E-state index in [0.717, 1.165) is 5.56 Å². The second-order valence-electron chi connectivity index (χ2n) is 4.66. The number of nitrogens with one attached hydrogen (secondary N) is 1. The average Bonchev–Trinajstić information content (AvgIpc) is 2.91. The van der Waals surface area contributed by atoms with Crippen LogP contribution in [-0.2, 0) is 23.1 Å². The van der Waals surface area contributed by atoms with Crippen molar-refractivity contribution in [2.45, 2.75) is 17.6 Å². The smallest absolute Gasteiger partial charge is 0.326 e. The van der Waals surface area contributed by atoms with Gasteiger partial charge in [-0.2, -0.15) is 0 Å². The van der Waals surface area contributed by atoms with Gasteiger partial charge in [0.25, 0.3) is 0 Å². The minimum Gasteiger partial charge on any atom is -0.480 e. The van der Waals surface area contributed by atoms with E-state index >= 15 is 0 Å². The van der Waals surface area contributed by atoms with Crippen molar-refractivity contribution in [1.82, 2.24) is 20.1 Å². The molecule has 1 aromatic carbocycles. The minimum absolute atomic E-state index is 0.0884. The lowest BCUT2D eigenvalue weighted by molar-refractivity contribution is -0.141. The van der Waals surface area contributed by atoms with E-state index in [4.69, 9.17) is 0 Å². The molecular weight excluding hydrogens is 304 g/mol. The molecule has 2 N–H and O–H groups in total. The molecule has 1 amide bonds. The molecule has 2 rings (SSSR count). The molecule has 0 aliphatic rings. The molecule has 0 radical (unpaired) electrons. The van der Waals surface area contributed by atoms with E-state index in [9.17, 15) is 14.7 Å². The van der Waals surface area contributed by atoms with Gasteiger partial charge in [0.1, 0.15) is 12.4 Å². The molecule has 2 aromatic rings. The number of carboxylic acids is 1. The van der Waals surface area contributed by atoms with E-state index in [1.54, 1.807) is 11.6 Å². The maximum atomic E-state index is 11.9. The lowest BCUT2D eigenvalue weighted by Crippen LogP contribution is -2.43. The summed E-state index contributed by atoms with van der Waals surface area (Å²) in [6, 6.07) is 8.23. The number of thioether (sulfide) groups is 1. The van der Waals surface area contributed by atoms with Crippen LogP contribution >= 0.6 is 11.8 Å². The number of nitrogens with zero attached hydrogens (tertiary/aromatic N) is 3. The Balaban J connectivity index is 1.89. The van der Waals surface area contributed by atoms with E-state index < -0.39 is 12.0 Å². The molecule has 0 spiro atoms. The SMILES string of the molecule is Cn1cnnc1SCC(=O)N[C@H](Cc1ccccc1)C(=O)O. The molecule has 22 heavy (non-hydrogen) atoms. The number of hydrogen-bond donors (Lipinski definition) is 2. The van der Waals surface area contributed by atoms with E-state index in [0.29, 0.717) is 5.16 Å². The van der Waals surface area contributed by atoms with Crippen molar-refractivity contribution < 1.29 is 14.7 Å². The van der Waals surface area contributed by atoms with E-state index in [1.165, 1.54) is 18.1 Å². The largest absolute Gasteiger partial charge is 0.480 e. The molecular formula is C14H16N4O3S. The number of carboxylic acid groups (broad SMARTS) is 1. The van der Waals surface area contributed by atoms with Crippen molar-refractivity contribution in [1.29, 1.82) is 0 Å². The highest BCUT2D eigenvalue weighted by atomic mass is 32.2. The highest BCUT2D eigenvalue weighted by molar-refractivity contribution is 7.99. The molecule has 1 heterocycles. The summed E-state index contributed by atoms with van der Waals surface area (Å²) in [6.07, 6.45) is 1.78. The number of aryl methyl sites for hydroxylation is 1. The summed E-state index contributed by atoms with van der Waals surface area (Å²) in [4.78, 5) is 23.2. The summed E-state index contributed by atoms with van der Waals surface area (Å²) < 4.78 is 1.69. The van der Waals surface area contributed by atoms with Gasteiger partial charge >= 0.3 is 5.97 Å². The van der Waals surface area contributed by atoms with Crippen LogP contribution in [0.2, 0.25) is 0 Å². The maximum Gasteiger partial charge on any atom is 0.326 e. The Kier molecular flexibility index (Phi) is 5.54. The molecule has 1 atom stereocenters. The highest BCUT2D eigenvalue weighted by Crippen LogP contribution is 2.12. The normalized spacial score (nSPS) is 11.9. The van der Waals surface area contributed by atoms with Crippen molar-refractivity contribution >= 4 is 23.6 Å². The van der Waals surface area contributed by atoms with Crippen molar-refractivity contribution in [2.75, 3.05) is 5.75 Å². The van der Waals surface area contributed by atoms with Gasteiger partial charge in [0.05, 0.1) is 5.75 Å². The van der Waals surface area contributed by atoms with Gasteiger partial charge in [-0.25, -0.2) is 4.79 Å². The van der Waals surface area contributed by atoms with Gasteiger partial charge in [-0.3, -0.25) is 4.79 Å². The standard InChI is InChI=1S/C14H16N4O3S/c1-18-9-15-17-14(18)22-8-12(19)16-11(13(20)21)7-10-5-3-2-4-6-10/h2-6,9,11H,7-8H2,1H3,(H,16,19)(H,20,21)/t11-/m1/s1. The quantitative estimate of drug-likeness (QED) is 0.730. The Labute approximate surface area is 131 Å². The molecule has 0 saturated carbocycles. The van der Waals surface area contributed by atoms with Crippen LogP contribution in [0.25, 0.3) is 0 Å². The molecule has 1 aromatic heterocycles. The first-order valence-corrected chi connectivity index (χ1v) is 7.57. The lowest BCUT2D eigenvalue weighted by atomic mass is 10.1. The number of carbonyl (C=O) groups is 2. The predicted molar refractivity (Wildman–Crippen MR) is 81.4 cm³/mol. The summed E-state index contributed by atoms with van der Waals surface area (Å²) in [7, 11) is 1.77. The summed E-state index contributed by atoms with van der Waals surface area (Å²) >= 11 is 1.21. The molecule has 0 aliphatic heterocycles. The Bertz CT molecular complexity index is 645. The van der Waals surface area contributed by atoms with E-state index in [-0.39, 0.29) is 18.1 Å². The van der Waals surface area contributed by atoms with Gasteiger partial charge in [0.2, 0.25) is 5.91 Å². The molecule has 0 bridgehead atoms. The van der Waals surface area contributed by atoms with Crippen molar-refractivity contribution in [2.24, 2.45) is 7.05 Å². The summed E-state index contributed by atoms with van der Waals surface area (Å²) in [5.74, 6) is -1.32. The Morgan fingerprint density at radius 3 is 2.68 bits per heavy atom. The first-order valence-electron chi connectivity index (χ1n) is 6.59. The van der Waals surface area contributed by atoms with Crippen LogP contribution in [-0.4, -0.2) is 43.5 Å². The predicted octanol–water partition coefficient (Wildman–Crippen LogP) is 0.719. The molecule has 0 saturated heterocycles. The monoisotopic (exact) mass is 320 g/mol. The number of rotatable bonds is 7. The third-order valence-electron chi connectivity index (χ3n) is 2.92. The first-order chi connectivity index (χ1) is 10.6. The topological polar surface area (TPSA) is 97.1 Å². The molecule has 0 unspecified atom stereocenters. The van der Waals surface area contributed by atoms with Gasteiger partial charge in [-0.05, 0) is 5.56 Å². The molecule has 0 aliphatic carbocycles. The average molecular weight is 320 g/mol. The number of aliphatic carboxylic acids is 1. The number of carbonyl (C=O) groups excluding carboxylic acids is 1. The molecule has 116 valence electrons. The Morgan fingerprint density at radius 1 is 1.36 bits per heavy atom. The van der Waals surface area contributed by atoms with Crippen molar-refractivity contribution in [3.05, 3.63) is 42.2 Å². The number of hydrogen-bond acceptors (Lipinski definition) is 5. The minimum atomic E-state index is -1.05. The highest BCUT2D eigenvalue weighted by Gasteiger charge is 2.20. The second kappa shape index (κ2) is 7.60. The Hall–Kier alpha value is -2.35. The molecule has 0 fully saturated rings. The fraction of sp³-hybridized carbons (Fsp3) is 0.286. The lowest BCUT2D eigenvalue weighted by Gasteiger charge is -2.14. The fourth-order valence-corrected chi connectivity index (χ4v) is 2.52. The summed E-state index contributed by atoms with van der Waals surface area (Å²) in [5, 5.41) is 19.9. The summed E-state index contributed by atoms with van der Waals surface area (Å²) in [5.41, 5.74) is 0.858. The Morgan fingerprint density at radius 2 is 2.09 bits per heavy atom. The third kappa shape index (κ3) is 4.59. The maximum absolute atomic E-state index is 11.9. The van der Waals surface area contributed by atoms with Crippen molar-refractivity contribution in [3.8, 4) is 0 Å². The zero-order valence-corrected chi connectivity index (χ0v) is 12.8. The van der Waals surface area contributed by atoms with Gasteiger partial charge in [0, 0.05) is 13.5 Å². The van der Waals surface area contributed by atoms with Crippen LogP contribution in [0.3, 0.4) is 0 Å². The van der Waals surface area contributed by atoms with E-state index in [2.05, 4.69) is 15.5 Å². The van der Waals surface area contributed by atoms with Crippen LogP contribution in [0.4, 0.5) is 0 Å². The fourth-order valence-electron chi connectivity index (χ4n) is 1.82. The number of amides is 1. The second-order valence-corrected chi connectivity index (χ2v) is 5.60. The number of benzene rings is 1. The zero-order chi connectivity index (χ0) is 15.9. The van der Waals surface area contributed by atoms with Gasteiger partial charge in [0.15, 0.2) is 5.16 Å². The summed E-state index contributed by atoms with van der Waals surface area (Å²) in [6.45, 7) is 0. The zero-order valence-electron chi connectivity index (χ0n) is 12.0. The van der Waals surface area contributed by atoms with Gasteiger partial charge < -0.3 is 15.0 Å². The number of aromatic nitrogens is 3. The van der Waals surface area contributed by atoms with Gasteiger partial charge in [-0.15, -0.1) is 10.2 Å². The van der Waals surface area contributed by atoms with E-state index in [1.807, 2.05) is 30.3 Å². The first kappa shape index (κ1) is 16.0. The van der Waals surface area contributed by atoms with Crippen LogP contribution in [0.15, 0.2) is 41.8 Å². The molecule has 7 nitrogen and oxygen atoms in total. The molecule has 8 heteroatoms. The van der Waals surface area contributed by atoms with Gasteiger partial charge in [-0.1, -0.05) is 42.1 Å². The third-order valence-corrected chi connectivity index (χ3v) is 3.95.